The molecule has 3 rings (SSSR count). The van der Waals surface area contributed by atoms with Crippen LogP contribution in [0.2, 0.25) is 10.0 Å². The van der Waals surface area contributed by atoms with Crippen LogP contribution in [0.1, 0.15) is 30.7 Å². The number of ether oxygens (including phenoxy) is 1. The lowest BCUT2D eigenvalue weighted by Crippen LogP contribution is -2.49. The number of carbonyl (C=O) groups is 3. The topological polar surface area (TPSA) is 104 Å². The predicted octanol–water partition coefficient (Wildman–Crippen LogP) is 3.44. The molecule has 2 heterocycles. The van der Waals surface area contributed by atoms with Crippen LogP contribution in [-0.4, -0.2) is 59.3 Å². The van der Waals surface area contributed by atoms with E-state index in [2.05, 4.69) is 11.9 Å². The summed E-state index contributed by atoms with van der Waals surface area (Å²) in [5.41, 5.74) is 1.09. The van der Waals surface area contributed by atoms with Crippen LogP contribution in [0.5, 0.6) is 0 Å². The smallest absolute Gasteiger partial charge is 0.328 e. The maximum absolute atomic E-state index is 12.3. The second-order valence-corrected chi connectivity index (χ2v) is 7.85. The minimum absolute atomic E-state index is 0.122. The van der Waals surface area contributed by atoms with E-state index in [4.69, 9.17) is 38.2 Å². The molecule has 2 bridgehead atoms. The van der Waals surface area contributed by atoms with Gasteiger partial charge in [0, 0.05) is 30.2 Å². The van der Waals surface area contributed by atoms with Gasteiger partial charge in [0.2, 0.25) is 0 Å². The van der Waals surface area contributed by atoms with Crippen LogP contribution in [0.25, 0.3) is 0 Å². The van der Waals surface area contributed by atoms with Gasteiger partial charge < -0.3 is 14.9 Å². The molecule has 1 aromatic carbocycles. The van der Waals surface area contributed by atoms with Crippen LogP contribution in [0.4, 0.5) is 0 Å². The number of aliphatic carboxylic acids is 2. The summed E-state index contributed by atoms with van der Waals surface area (Å²) in [6.45, 7) is 0. The Morgan fingerprint density at radius 1 is 1.10 bits per heavy atom. The number of halogens is 2. The molecule has 2 aliphatic heterocycles. The maximum atomic E-state index is 12.3. The average Bonchev–Trinajstić information content (AvgIpc) is 2.90. The van der Waals surface area contributed by atoms with Crippen LogP contribution in [0.3, 0.4) is 0 Å². The fourth-order valence-electron chi connectivity index (χ4n) is 4.15. The molecule has 4 atom stereocenters. The lowest BCUT2D eigenvalue weighted by molar-refractivity contribution is -0.150. The lowest BCUT2D eigenvalue weighted by Gasteiger charge is -2.41. The first-order valence-electron chi connectivity index (χ1n) is 9.04. The van der Waals surface area contributed by atoms with E-state index in [1.807, 2.05) is 18.2 Å². The summed E-state index contributed by atoms with van der Waals surface area (Å²) in [6.07, 6.45) is 4.28. The predicted molar refractivity (Wildman–Crippen MR) is 108 cm³/mol. The molecular weight excluding hydrogens is 421 g/mol. The fourth-order valence-corrected chi connectivity index (χ4v) is 4.46. The van der Waals surface area contributed by atoms with Gasteiger partial charge in [-0.25, -0.2) is 9.59 Å². The van der Waals surface area contributed by atoms with Gasteiger partial charge in [0.25, 0.3) is 0 Å². The highest BCUT2D eigenvalue weighted by Crippen LogP contribution is 2.47. The van der Waals surface area contributed by atoms with E-state index >= 15 is 0 Å². The van der Waals surface area contributed by atoms with Crippen molar-refractivity contribution in [1.29, 1.82) is 0 Å². The number of methoxy groups -OCH3 is 1. The third-order valence-electron chi connectivity index (χ3n) is 5.48. The number of carboxylic acids is 2. The molecular formula is C20H23Cl2NO6. The third kappa shape index (κ3) is 5.72. The maximum Gasteiger partial charge on any atom is 0.328 e. The van der Waals surface area contributed by atoms with E-state index in [1.165, 1.54) is 7.11 Å². The number of hydrogen-bond donors (Lipinski definition) is 2. The zero-order chi connectivity index (χ0) is 21.7. The number of carboxylic acid groups (broad SMARTS) is 2. The van der Waals surface area contributed by atoms with Gasteiger partial charge in [0.1, 0.15) is 0 Å². The minimum atomic E-state index is -1.26. The molecule has 1 aromatic rings. The first-order chi connectivity index (χ1) is 13.6. The molecule has 0 spiro atoms. The zero-order valence-corrected chi connectivity index (χ0v) is 17.6. The highest BCUT2D eigenvalue weighted by atomic mass is 35.5. The van der Waals surface area contributed by atoms with Gasteiger partial charge in [-0.2, -0.15) is 0 Å². The Balaban J connectivity index is 0.000000321. The van der Waals surface area contributed by atoms with Gasteiger partial charge >= 0.3 is 17.9 Å². The van der Waals surface area contributed by atoms with Crippen LogP contribution in [-0.2, 0) is 19.1 Å². The first-order valence-corrected chi connectivity index (χ1v) is 9.80. The molecule has 7 nitrogen and oxygen atoms in total. The largest absolute Gasteiger partial charge is 0.478 e. The van der Waals surface area contributed by atoms with Gasteiger partial charge in [-0.05, 0) is 44.0 Å². The van der Waals surface area contributed by atoms with Crippen molar-refractivity contribution in [2.24, 2.45) is 5.92 Å². The lowest BCUT2D eigenvalue weighted by atomic mass is 9.76. The fraction of sp³-hybridized carbons (Fsp3) is 0.450. The van der Waals surface area contributed by atoms with Crippen LogP contribution in [0.15, 0.2) is 30.4 Å². The quantitative estimate of drug-likeness (QED) is 0.542. The van der Waals surface area contributed by atoms with Gasteiger partial charge in [-0.3, -0.25) is 9.69 Å². The third-order valence-corrected chi connectivity index (χ3v) is 6.22. The molecule has 29 heavy (non-hydrogen) atoms. The van der Waals surface area contributed by atoms with Crippen LogP contribution in [0, 0.1) is 5.92 Å². The van der Waals surface area contributed by atoms with Gasteiger partial charge in [0.05, 0.1) is 23.1 Å². The van der Waals surface area contributed by atoms with E-state index < -0.39 is 11.9 Å². The molecule has 2 saturated heterocycles. The number of hydrogen-bond acceptors (Lipinski definition) is 5. The molecule has 2 N–H and O–H groups in total. The molecule has 0 aliphatic carbocycles. The van der Waals surface area contributed by atoms with Crippen molar-refractivity contribution in [2.45, 2.75) is 37.3 Å². The van der Waals surface area contributed by atoms with Crippen molar-refractivity contribution in [1.82, 2.24) is 4.90 Å². The second kappa shape index (κ2) is 10.1. The summed E-state index contributed by atoms with van der Waals surface area (Å²) in [6, 6.07) is 6.49. The van der Waals surface area contributed by atoms with Crippen molar-refractivity contribution >= 4 is 41.1 Å². The minimum Gasteiger partial charge on any atom is -0.478 e. The number of rotatable bonds is 4. The summed E-state index contributed by atoms with van der Waals surface area (Å²) in [7, 11) is 3.58. The summed E-state index contributed by atoms with van der Waals surface area (Å²) in [5, 5.41) is 16.7. The number of piperidine rings is 1. The van der Waals surface area contributed by atoms with E-state index in [0.29, 0.717) is 28.2 Å². The molecule has 158 valence electrons. The number of carbonyl (C=O) groups excluding carboxylic acids is 1. The molecule has 9 heteroatoms. The Bertz CT molecular complexity index is 796. The molecule has 2 fully saturated rings. The molecule has 0 saturated carbocycles. The molecule has 2 aliphatic rings. The van der Waals surface area contributed by atoms with Crippen LogP contribution < -0.4 is 0 Å². The standard InChI is InChI=1S/C16H19Cl2NO2.C4H4O4/c1-19-10-4-6-14(19)15(16(20)21-2)11(8-10)9-3-5-12(17)13(18)7-9;5-3(6)1-2-4(7)8/h3,5,7,10-11,14-15H,4,6,8H2,1-2H3;1-2H,(H,5,6)(H,7,8)/t10-,11+,14+,15+;/m1./s1. The van der Waals surface area contributed by atoms with Crippen molar-refractivity contribution in [3.8, 4) is 0 Å². The Morgan fingerprint density at radius 3 is 2.24 bits per heavy atom. The Morgan fingerprint density at radius 2 is 1.72 bits per heavy atom. The second-order valence-electron chi connectivity index (χ2n) is 7.04. The van der Waals surface area contributed by atoms with Crippen molar-refractivity contribution in [2.75, 3.05) is 14.2 Å². The number of nitrogens with zero attached hydrogens (tertiary/aromatic N) is 1. The van der Waals surface area contributed by atoms with E-state index in [0.717, 1.165) is 24.8 Å². The number of esters is 1. The molecule has 0 aromatic heterocycles. The zero-order valence-electron chi connectivity index (χ0n) is 16.0. The monoisotopic (exact) mass is 443 g/mol. The molecule has 0 unspecified atom stereocenters. The van der Waals surface area contributed by atoms with Crippen molar-refractivity contribution < 1.29 is 29.3 Å². The summed E-state index contributed by atoms with van der Waals surface area (Å²) >= 11 is 12.2. The number of fused-ring (bicyclic) bond motifs is 2. The van der Waals surface area contributed by atoms with Crippen molar-refractivity contribution in [3.05, 3.63) is 46.0 Å². The normalized spacial score (nSPS) is 25.9. The molecule has 0 radical (unpaired) electrons. The Labute approximate surface area is 178 Å². The SMILES string of the molecule is COC(=O)[C@H]1[C@H](c2ccc(Cl)c(Cl)c2)C[C@H]2CC[C@@H]1N2C.O=C(O)C=CC(=O)O. The first kappa shape index (κ1) is 23.2. The Kier molecular flexibility index (Phi) is 8.07. The van der Waals surface area contributed by atoms with Crippen molar-refractivity contribution in [3.63, 3.8) is 0 Å². The van der Waals surface area contributed by atoms with E-state index in [1.54, 1.807) is 0 Å². The van der Waals surface area contributed by atoms with Gasteiger partial charge in [0.15, 0.2) is 0 Å². The summed E-state index contributed by atoms with van der Waals surface area (Å²) in [4.78, 5) is 33.8. The van der Waals surface area contributed by atoms with Gasteiger partial charge in [-0.15, -0.1) is 0 Å². The van der Waals surface area contributed by atoms with E-state index in [-0.39, 0.29) is 23.8 Å². The summed E-state index contributed by atoms with van der Waals surface area (Å²) in [5.74, 6) is -2.61. The Hall–Kier alpha value is -2.09. The highest BCUT2D eigenvalue weighted by molar-refractivity contribution is 6.42. The van der Waals surface area contributed by atoms with Crippen LogP contribution >= 0.6 is 23.2 Å². The van der Waals surface area contributed by atoms with Gasteiger partial charge in [-0.1, -0.05) is 29.3 Å². The average molecular weight is 444 g/mol. The summed E-state index contributed by atoms with van der Waals surface area (Å²) < 4.78 is 5.07. The number of benzene rings is 1. The van der Waals surface area contributed by atoms with E-state index in [9.17, 15) is 14.4 Å². The highest BCUT2D eigenvalue weighted by Gasteiger charge is 2.49. The molecule has 0 amide bonds.